The predicted octanol–water partition coefficient (Wildman–Crippen LogP) is -0.127. The number of methoxy groups -OCH3 is 1. The zero-order chi connectivity index (χ0) is 12.0. The van der Waals surface area contributed by atoms with Gasteiger partial charge in [-0.3, -0.25) is 0 Å². The number of hydrogen-bond donors (Lipinski definition) is 2. The van der Waals surface area contributed by atoms with E-state index in [0.717, 1.165) is 4.40 Å². The highest BCUT2D eigenvalue weighted by molar-refractivity contribution is 5.94. The van der Waals surface area contributed by atoms with Crippen molar-refractivity contribution in [3.8, 4) is 5.75 Å². The third-order valence-electron chi connectivity index (χ3n) is 2.59. The van der Waals surface area contributed by atoms with Crippen molar-refractivity contribution < 1.29 is 4.74 Å². The molecule has 1 aromatic carbocycles. The van der Waals surface area contributed by atoms with Crippen molar-refractivity contribution in [2.75, 3.05) is 7.11 Å². The van der Waals surface area contributed by atoms with Gasteiger partial charge in [0.2, 0.25) is 0 Å². The molecule has 0 aliphatic heterocycles. The van der Waals surface area contributed by atoms with Crippen molar-refractivity contribution in [3.63, 3.8) is 0 Å². The van der Waals surface area contributed by atoms with E-state index in [4.69, 9.17) is 4.74 Å². The van der Waals surface area contributed by atoms with Crippen LogP contribution in [0.1, 0.15) is 0 Å². The number of para-hydroxylation sites is 1. The Morgan fingerprint density at radius 2 is 2.12 bits per heavy atom. The Bertz CT molecular complexity index is 827. The summed E-state index contributed by atoms with van der Waals surface area (Å²) in [5.41, 5.74) is -0.305. The number of rotatable bonds is 1. The number of ether oxygens (including phenoxy) is 1. The number of benzene rings is 1. The van der Waals surface area contributed by atoms with Crippen molar-refractivity contribution in [1.82, 2.24) is 19.6 Å². The summed E-state index contributed by atoms with van der Waals surface area (Å²) in [5.74, 6) is 0.526. The van der Waals surface area contributed by atoms with E-state index >= 15 is 0 Å². The standard InChI is InChI=1S/C10H8N4O3/c1-17-6-4-2-3-5-7(6)11-9(15)14-8(5)12-13-10(14)16/h2-4H,1H3,(H,11,15)(H,13,16). The van der Waals surface area contributed by atoms with E-state index in [1.54, 1.807) is 18.2 Å². The smallest absolute Gasteiger partial charge is 0.351 e. The van der Waals surface area contributed by atoms with E-state index in [1.807, 2.05) is 0 Å². The summed E-state index contributed by atoms with van der Waals surface area (Å²) in [6, 6.07) is 5.24. The summed E-state index contributed by atoms with van der Waals surface area (Å²) in [5, 5.41) is 6.72. The summed E-state index contributed by atoms with van der Waals surface area (Å²) in [7, 11) is 1.51. The lowest BCUT2D eigenvalue weighted by Gasteiger charge is -2.04. The minimum atomic E-state index is -0.564. The van der Waals surface area contributed by atoms with Gasteiger partial charge in [0.05, 0.1) is 12.6 Å². The van der Waals surface area contributed by atoms with E-state index in [2.05, 4.69) is 15.2 Å². The van der Waals surface area contributed by atoms with E-state index in [-0.39, 0.29) is 5.65 Å². The first-order valence-corrected chi connectivity index (χ1v) is 4.88. The predicted molar refractivity (Wildman–Crippen MR) is 60.5 cm³/mol. The molecule has 0 aliphatic rings. The molecule has 17 heavy (non-hydrogen) atoms. The summed E-state index contributed by atoms with van der Waals surface area (Å²) >= 11 is 0. The molecule has 0 unspecified atom stereocenters. The van der Waals surface area contributed by atoms with Crippen LogP contribution in [0.25, 0.3) is 16.6 Å². The lowest BCUT2D eigenvalue weighted by molar-refractivity contribution is 0.418. The van der Waals surface area contributed by atoms with Gasteiger partial charge in [0.25, 0.3) is 0 Å². The Kier molecular flexibility index (Phi) is 1.82. The number of H-pyrrole nitrogens is 2. The molecular formula is C10H8N4O3. The molecule has 0 saturated heterocycles. The van der Waals surface area contributed by atoms with Gasteiger partial charge >= 0.3 is 11.4 Å². The van der Waals surface area contributed by atoms with Crippen molar-refractivity contribution in [1.29, 1.82) is 0 Å². The molecule has 7 heteroatoms. The molecule has 0 bridgehead atoms. The molecule has 3 aromatic rings. The van der Waals surface area contributed by atoms with Gasteiger partial charge < -0.3 is 9.72 Å². The number of nitrogens with zero attached hydrogens (tertiary/aromatic N) is 2. The summed E-state index contributed by atoms with van der Waals surface area (Å²) < 4.78 is 6.09. The maximum atomic E-state index is 11.7. The first kappa shape index (κ1) is 9.64. The topological polar surface area (TPSA) is 92.2 Å². The molecule has 2 aromatic heterocycles. The van der Waals surface area contributed by atoms with Gasteiger partial charge in [-0.1, -0.05) is 6.07 Å². The van der Waals surface area contributed by atoms with Crippen LogP contribution in [0.4, 0.5) is 0 Å². The van der Waals surface area contributed by atoms with Crippen molar-refractivity contribution >= 4 is 16.6 Å². The van der Waals surface area contributed by atoms with Crippen molar-refractivity contribution in [2.45, 2.75) is 0 Å². The Morgan fingerprint density at radius 3 is 2.88 bits per heavy atom. The van der Waals surface area contributed by atoms with E-state index < -0.39 is 11.4 Å². The Balaban J connectivity index is 2.67. The fraction of sp³-hybridized carbons (Fsp3) is 0.100. The van der Waals surface area contributed by atoms with Gasteiger partial charge in [0.1, 0.15) is 5.75 Å². The maximum absolute atomic E-state index is 11.7. The van der Waals surface area contributed by atoms with Gasteiger partial charge in [-0.15, -0.1) is 0 Å². The molecule has 3 rings (SSSR count). The van der Waals surface area contributed by atoms with Gasteiger partial charge in [-0.2, -0.15) is 9.50 Å². The highest BCUT2D eigenvalue weighted by Crippen LogP contribution is 2.23. The van der Waals surface area contributed by atoms with Gasteiger partial charge in [0, 0.05) is 5.39 Å². The quantitative estimate of drug-likeness (QED) is 0.611. The van der Waals surface area contributed by atoms with Crippen LogP contribution in [-0.2, 0) is 0 Å². The first-order chi connectivity index (χ1) is 8.22. The third kappa shape index (κ3) is 1.19. The molecule has 0 radical (unpaired) electrons. The van der Waals surface area contributed by atoms with Crippen LogP contribution in [0.15, 0.2) is 27.8 Å². The Hall–Kier alpha value is -2.57. The molecule has 0 amide bonds. The molecular weight excluding hydrogens is 224 g/mol. The molecule has 2 heterocycles. The molecule has 0 atom stereocenters. The number of aromatic amines is 2. The van der Waals surface area contributed by atoms with E-state index in [0.29, 0.717) is 16.7 Å². The number of nitrogens with one attached hydrogen (secondary N) is 2. The highest BCUT2D eigenvalue weighted by atomic mass is 16.5. The van der Waals surface area contributed by atoms with Gasteiger partial charge in [0.15, 0.2) is 5.65 Å². The summed E-state index contributed by atoms with van der Waals surface area (Å²) in [6.07, 6.45) is 0. The molecule has 0 fully saturated rings. The Labute approximate surface area is 93.7 Å². The molecule has 0 spiro atoms. The van der Waals surface area contributed by atoms with Crippen LogP contribution in [0.5, 0.6) is 5.75 Å². The van der Waals surface area contributed by atoms with Crippen molar-refractivity contribution in [2.24, 2.45) is 0 Å². The zero-order valence-electron chi connectivity index (χ0n) is 8.85. The fourth-order valence-corrected chi connectivity index (χ4v) is 1.85. The molecule has 86 valence electrons. The average molecular weight is 232 g/mol. The lowest BCUT2D eigenvalue weighted by Crippen LogP contribution is -2.26. The molecule has 7 nitrogen and oxygen atoms in total. The highest BCUT2D eigenvalue weighted by Gasteiger charge is 2.11. The van der Waals surface area contributed by atoms with Crippen LogP contribution < -0.4 is 16.1 Å². The minimum absolute atomic E-state index is 0.285. The number of fused-ring (bicyclic) bond motifs is 3. The Morgan fingerprint density at radius 1 is 1.29 bits per heavy atom. The number of aromatic nitrogens is 4. The molecule has 0 aliphatic carbocycles. The lowest BCUT2D eigenvalue weighted by atomic mass is 10.2. The SMILES string of the molecule is COc1cccc2c1[nH]c(=O)n1c(=O)[nH]nc21. The normalized spacial score (nSPS) is 11.1. The van der Waals surface area contributed by atoms with E-state index in [1.165, 1.54) is 7.11 Å². The van der Waals surface area contributed by atoms with Crippen LogP contribution in [0.3, 0.4) is 0 Å². The summed E-state index contributed by atoms with van der Waals surface area (Å²) in [6.45, 7) is 0. The number of hydrogen-bond acceptors (Lipinski definition) is 4. The second kappa shape index (κ2) is 3.21. The van der Waals surface area contributed by atoms with Crippen molar-refractivity contribution in [3.05, 3.63) is 39.2 Å². The van der Waals surface area contributed by atoms with E-state index in [9.17, 15) is 9.59 Å². The van der Waals surface area contributed by atoms with Crippen LogP contribution in [0.2, 0.25) is 0 Å². The second-order valence-electron chi connectivity index (χ2n) is 3.50. The minimum Gasteiger partial charge on any atom is -0.495 e. The monoisotopic (exact) mass is 232 g/mol. The van der Waals surface area contributed by atoms with Gasteiger partial charge in [-0.05, 0) is 12.1 Å². The van der Waals surface area contributed by atoms with Gasteiger partial charge in [-0.25, -0.2) is 14.7 Å². The van der Waals surface area contributed by atoms with Crippen LogP contribution in [0, 0.1) is 0 Å². The second-order valence-corrected chi connectivity index (χ2v) is 3.50. The fourth-order valence-electron chi connectivity index (χ4n) is 1.85. The third-order valence-corrected chi connectivity index (χ3v) is 2.59. The largest absolute Gasteiger partial charge is 0.495 e. The van der Waals surface area contributed by atoms with Crippen LogP contribution in [-0.4, -0.2) is 26.7 Å². The average Bonchev–Trinajstić information content (AvgIpc) is 2.72. The maximum Gasteiger partial charge on any atom is 0.351 e. The first-order valence-electron chi connectivity index (χ1n) is 4.88. The summed E-state index contributed by atoms with van der Waals surface area (Å²) in [4.78, 5) is 25.7. The molecule has 0 saturated carbocycles. The molecule has 2 N–H and O–H groups in total. The zero-order valence-corrected chi connectivity index (χ0v) is 8.85. The van der Waals surface area contributed by atoms with Crippen LogP contribution >= 0.6 is 0 Å².